The minimum atomic E-state index is -0.877. The molecule has 108 valence electrons. The molecule has 4 nitrogen and oxygen atoms in total. The smallest absolute Gasteiger partial charge is 0.307 e. The maximum atomic E-state index is 11.9. The fourth-order valence-electron chi connectivity index (χ4n) is 2.20. The number of halogens is 1. The second-order valence-corrected chi connectivity index (χ2v) is 6.81. The van der Waals surface area contributed by atoms with E-state index in [4.69, 9.17) is 5.11 Å². The van der Waals surface area contributed by atoms with Crippen LogP contribution in [0.25, 0.3) is 0 Å². The Kier molecular flexibility index (Phi) is 4.18. The van der Waals surface area contributed by atoms with Crippen LogP contribution in [-0.2, 0) is 15.0 Å². The Bertz CT molecular complexity index is 524. The van der Waals surface area contributed by atoms with Gasteiger partial charge in [0.15, 0.2) is 0 Å². The summed E-state index contributed by atoms with van der Waals surface area (Å²) in [5, 5.41) is 11.7. The number of nitrogens with one attached hydrogen (secondary N) is 1. The van der Waals surface area contributed by atoms with E-state index in [0.717, 1.165) is 10.0 Å². The van der Waals surface area contributed by atoms with E-state index in [2.05, 4.69) is 35.1 Å². The summed E-state index contributed by atoms with van der Waals surface area (Å²) in [6.45, 7) is 4.60. The van der Waals surface area contributed by atoms with Crippen LogP contribution in [-0.4, -0.2) is 23.5 Å². The zero-order valence-corrected chi connectivity index (χ0v) is 13.1. The highest BCUT2D eigenvalue weighted by molar-refractivity contribution is 9.10. The van der Waals surface area contributed by atoms with Gasteiger partial charge < -0.3 is 10.4 Å². The highest BCUT2D eigenvalue weighted by Gasteiger charge is 2.48. The third-order valence-corrected chi connectivity index (χ3v) is 4.30. The van der Waals surface area contributed by atoms with Crippen molar-refractivity contribution in [1.82, 2.24) is 5.32 Å². The van der Waals surface area contributed by atoms with Crippen molar-refractivity contribution in [3.05, 3.63) is 34.3 Å². The molecule has 2 unspecified atom stereocenters. The number of benzene rings is 1. The van der Waals surface area contributed by atoms with Crippen LogP contribution in [0.5, 0.6) is 0 Å². The van der Waals surface area contributed by atoms with Crippen molar-refractivity contribution < 1.29 is 14.7 Å². The molecular formula is C15H18BrNO3. The van der Waals surface area contributed by atoms with Gasteiger partial charge in [0.2, 0.25) is 5.91 Å². The van der Waals surface area contributed by atoms with Gasteiger partial charge in [0, 0.05) is 16.4 Å². The molecule has 0 heterocycles. The molecule has 1 aliphatic carbocycles. The number of amides is 1. The average Bonchev–Trinajstić information content (AvgIpc) is 3.17. The number of carboxylic acid groups (broad SMARTS) is 1. The number of rotatable bonds is 5. The van der Waals surface area contributed by atoms with Crippen molar-refractivity contribution in [2.75, 3.05) is 6.54 Å². The first kappa shape index (κ1) is 15.0. The van der Waals surface area contributed by atoms with Crippen molar-refractivity contribution in [2.24, 2.45) is 11.8 Å². The number of carboxylic acids is 1. The third-order valence-electron chi connectivity index (χ3n) is 3.77. The van der Waals surface area contributed by atoms with Crippen molar-refractivity contribution in [2.45, 2.75) is 25.7 Å². The van der Waals surface area contributed by atoms with Gasteiger partial charge in [-0.2, -0.15) is 0 Å². The van der Waals surface area contributed by atoms with E-state index < -0.39 is 11.9 Å². The van der Waals surface area contributed by atoms with E-state index in [1.54, 1.807) is 0 Å². The Morgan fingerprint density at radius 3 is 2.40 bits per heavy atom. The predicted molar refractivity (Wildman–Crippen MR) is 79.4 cm³/mol. The Balaban J connectivity index is 1.91. The average molecular weight is 340 g/mol. The summed E-state index contributed by atoms with van der Waals surface area (Å²) in [6.07, 6.45) is 0.458. The zero-order chi connectivity index (χ0) is 14.9. The minimum absolute atomic E-state index is 0.150. The molecule has 1 saturated carbocycles. The molecule has 20 heavy (non-hydrogen) atoms. The highest BCUT2D eigenvalue weighted by atomic mass is 79.9. The molecule has 0 aromatic heterocycles. The molecule has 1 aromatic rings. The summed E-state index contributed by atoms with van der Waals surface area (Å²) in [5.41, 5.74) is 0.941. The largest absolute Gasteiger partial charge is 0.481 e. The summed E-state index contributed by atoms with van der Waals surface area (Å²) < 4.78 is 1.02. The molecule has 0 bridgehead atoms. The first-order chi connectivity index (χ1) is 9.31. The van der Waals surface area contributed by atoms with E-state index in [0.29, 0.717) is 13.0 Å². The van der Waals surface area contributed by atoms with Crippen LogP contribution >= 0.6 is 15.9 Å². The summed E-state index contributed by atoms with van der Waals surface area (Å²) in [5.74, 6) is -1.88. The van der Waals surface area contributed by atoms with Gasteiger partial charge in [-0.1, -0.05) is 41.9 Å². The van der Waals surface area contributed by atoms with Crippen molar-refractivity contribution >= 4 is 27.8 Å². The molecule has 1 amide bonds. The first-order valence-electron chi connectivity index (χ1n) is 6.58. The first-order valence-corrected chi connectivity index (χ1v) is 7.37. The van der Waals surface area contributed by atoms with Gasteiger partial charge in [-0.15, -0.1) is 0 Å². The third kappa shape index (κ3) is 3.39. The summed E-state index contributed by atoms with van der Waals surface area (Å²) in [6, 6.07) is 7.99. The lowest BCUT2D eigenvalue weighted by atomic mass is 9.84. The van der Waals surface area contributed by atoms with Gasteiger partial charge in [0.05, 0.1) is 11.8 Å². The topological polar surface area (TPSA) is 66.4 Å². The molecule has 1 aromatic carbocycles. The van der Waals surface area contributed by atoms with Gasteiger partial charge in [-0.25, -0.2) is 0 Å². The molecule has 0 radical (unpaired) electrons. The molecule has 2 atom stereocenters. The monoisotopic (exact) mass is 339 g/mol. The van der Waals surface area contributed by atoms with Crippen LogP contribution in [0.3, 0.4) is 0 Å². The Labute approximate surface area is 126 Å². The molecule has 2 N–H and O–H groups in total. The van der Waals surface area contributed by atoms with E-state index in [1.165, 1.54) is 0 Å². The summed E-state index contributed by atoms with van der Waals surface area (Å²) in [7, 11) is 0. The normalized spacial score (nSPS) is 21.4. The molecule has 1 fully saturated rings. The standard InChI is InChI=1S/C15H18BrNO3/c1-15(2,9-3-5-10(16)6-4-9)8-17-13(18)11-7-12(11)14(19)20/h3-6,11-12H,7-8H2,1-2H3,(H,17,18)(H,19,20). The van der Waals surface area contributed by atoms with Crippen LogP contribution in [0.2, 0.25) is 0 Å². The van der Waals surface area contributed by atoms with Crippen LogP contribution in [0.1, 0.15) is 25.8 Å². The fourth-order valence-corrected chi connectivity index (χ4v) is 2.46. The lowest BCUT2D eigenvalue weighted by molar-refractivity contribution is -0.140. The van der Waals surface area contributed by atoms with Crippen LogP contribution in [0.15, 0.2) is 28.7 Å². The quantitative estimate of drug-likeness (QED) is 0.866. The summed E-state index contributed by atoms with van der Waals surface area (Å²) in [4.78, 5) is 22.6. The molecule has 0 saturated heterocycles. The minimum Gasteiger partial charge on any atom is -0.481 e. The second-order valence-electron chi connectivity index (χ2n) is 5.90. The van der Waals surface area contributed by atoms with Gasteiger partial charge in [0.1, 0.15) is 0 Å². The Hall–Kier alpha value is -1.36. The molecule has 0 aliphatic heterocycles. The van der Waals surface area contributed by atoms with E-state index in [1.807, 2.05) is 24.3 Å². The predicted octanol–water partition coefficient (Wildman–Crippen LogP) is 2.56. The number of carbonyl (C=O) groups is 2. The van der Waals surface area contributed by atoms with Gasteiger partial charge in [0.25, 0.3) is 0 Å². The van der Waals surface area contributed by atoms with Crippen molar-refractivity contribution in [3.63, 3.8) is 0 Å². The van der Waals surface area contributed by atoms with Crippen LogP contribution in [0, 0.1) is 11.8 Å². The number of aliphatic carboxylic acids is 1. The fraction of sp³-hybridized carbons (Fsp3) is 0.467. The number of hydrogen-bond acceptors (Lipinski definition) is 2. The van der Waals surface area contributed by atoms with E-state index in [-0.39, 0.29) is 17.2 Å². The molecule has 1 aliphatic rings. The van der Waals surface area contributed by atoms with Crippen molar-refractivity contribution in [1.29, 1.82) is 0 Å². The van der Waals surface area contributed by atoms with Crippen molar-refractivity contribution in [3.8, 4) is 0 Å². The number of carbonyl (C=O) groups excluding carboxylic acids is 1. The lowest BCUT2D eigenvalue weighted by Gasteiger charge is -2.25. The van der Waals surface area contributed by atoms with Gasteiger partial charge >= 0.3 is 5.97 Å². The van der Waals surface area contributed by atoms with Crippen LogP contribution in [0.4, 0.5) is 0 Å². The maximum Gasteiger partial charge on any atom is 0.307 e. The van der Waals surface area contributed by atoms with Crippen LogP contribution < -0.4 is 5.32 Å². The van der Waals surface area contributed by atoms with Gasteiger partial charge in [-0.3, -0.25) is 9.59 Å². The SMILES string of the molecule is CC(C)(CNC(=O)C1CC1C(=O)O)c1ccc(Br)cc1. The van der Waals surface area contributed by atoms with E-state index in [9.17, 15) is 9.59 Å². The molecule has 2 rings (SSSR count). The molecule has 0 spiro atoms. The molecule has 5 heteroatoms. The Morgan fingerprint density at radius 1 is 1.30 bits per heavy atom. The van der Waals surface area contributed by atoms with E-state index >= 15 is 0 Å². The second kappa shape index (κ2) is 5.56. The highest BCUT2D eigenvalue weighted by Crippen LogP contribution is 2.38. The summed E-state index contributed by atoms with van der Waals surface area (Å²) >= 11 is 3.40. The lowest BCUT2D eigenvalue weighted by Crippen LogP contribution is -2.37. The zero-order valence-electron chi connectivity index (χ0n) is 11.5. The number of hydrogen-bond donors (Lipinski definition) is 2. The van der Waals surface area contributed by atoms with Gasteiger partial charge in [-0.05, 0) is 24.1 Å². The molecular weight excluding hydrogens is 322 g/mol. The maximum absolute atomic E-state index is 11.9. The Morgan fingerprint density at radius 2 is 1.90 bits per heavy atom.